The summed E-state index contributed by atoms with van der Waals surface area (Å²) in [6.07, 6.45) is 0. The number of thioether (sulfide) groups is 2. The van der Waals surface area contributed by atoms with Gasteiger partial charge in [0, 0.05) is 23.0 Å². The van der Waals surface area contributed by atoms with Crippen LogP contribution in [0.2, 0.25) is 0 Å². The Morgan fingerprint density at radius 2 is 1.32 bits per heavy atom. The number of esters is 1. The average molecular weight is 489 g/mol. The van der Waals surface area contributed by atoms with Gasteiger partial charge in [-0.05, 0) is 38.1 Å². The average Bonchev–Trinajstić information content (AvgIpc) is 2.79. The highest BCUT2D eigenvalue weighted by Crippen LogP contribution is 2.17. The van der Waals surface area contributed by atoms with Crippen LogP contribution in [0.15, 0.2) is 70.5 Å². The first-order valence-electron chi connectivity index (χ1n) is 9.47. The van der Waals surface area contributed by atoms with E-state index in [1.807, 2.05) is 67.6 Å². The molecule has 0 spiro atoms. The van der Waals surface area contributed by atoms with Gasteiger partial charge in [0.15, 0.2) is 0 Å². The minimum absolute atomic E-state index is 0.0336. The molecule has 0 atom stereocenters. The van der Waals surface area contributed by atoms with Crippen molar-refractivity contribution in [1.82, 2.24) is 0 Å². The Morgan fingerprint density at radius 1 is 0.839 bits per heavy atom. The molecule has 0 saturated carbocycles. The number of alkyl halides is 1. The van der Waals surface area contributed by atoms with E-state index in [0.29, 0.717) is 24.4 Å². The lowest BCUT2D eigenvalue weighted by Crippen LogP contribution is -2.12. The number of hydrogen-bond donors (Lipinski definition) is 1. The zero-order valence-corrected chi connectivity index (χ0v) is 20.1. The standard InChI is InChI=1S/C11H14O3S.C7H7ClS.C4H8O3/c1-2-13-8-11(12)14-9-15-10-6-4-3-5-7-10;8-6-9-7-4-2-1-3-5-7;1-2-7-3-4(5)6/h3-7H,2,8-9H2,1H3;1-5H,6H2;2-3H2,1H3,(H,5,6). The van der Waals surface area contributed by atoms with E-state index >= 15 is 0 Å². The number of ether oxygens (including phenoxy) is 3. The second-order valence-corrected chi connectivity index (χ2v) is 7.95. The van der Waals surface area contributed by atoms with E-state index in [9.17, 15) is 9.59 Å². The predicted octanol–water partition coefficient (Wildman–Crippen LogP) is 5.40. The second kappa shape index (κ2) is 21.5. The summed E-state index contributed by atoms with van der Waals surface area (Å²) in [4.78, 5) is 23.0. The zero-order chi connectivity index (χ0) is 23.2. The van der Waals surface area contributed by atoms with E-state index in [-0.39, 0.29) is 19.2 Å². The van der Waals surface area contributed by atoms with Crippen molar-refractivity contribution in [2.45, 2.75) is 23.6 Å². The van der Waals surface area contributed by atoms with Crippen molar-refractivity contribution in [3.05, 3.63) is 60.7 Å². The smallest absolute Gasteiger partial charge is 0.332 e. The number of carboxylic acids is 1. The van der Waals surface area contributed by atoms with E-state index in [2.05, 4.69) is 4.74 Å². The van der Waals surface area contributed by atoms with Crippen LogP contribution in [0.25, 0.3) is 0 Å². The van der Waals surface area contributed by atoms with Gasteiger partial charge in [-0.1, -0.05) is 48.2 Å². The van der Waals surface area contributed by atoms with Gasteiger partial charge < -0.3 is 19.3 Å². The van der Waals surface area contributed by atoms with Gasteiger partial charge in [-0.25, -0.2) is 9.59 Å². The highest BCUT2D eigenvalue weighted by molar-refractivity contribution is 8.00. The molecule has 0 heterocycles. The summed E-state index contributed by atoms with van der Waals surface area (Å²) in [7, 11) is 0. The Balaban J connectivity index is 0.000000479. The number of hydrogen-bond acceptors (Lipinski definition) is 7. The summed E-state index contributed by atoms with van der Waals surface area (Å²) >= 11 is 8.62. The maximum Gasteiger partial charge on any atom is 0.332 e. The number of halogens is 1. The molecule has 172 valence electrons. The predicted molar refractivity (Wildman–Crippen MR) is 127 cm³/mol. The summed E-state index contributed by atoms with van der Waals surface area (Å²) < 4.78 is 14.4. The number of carbonyl (C=O) groups is 2. The molecule has 0 fully saturated rings. The lowest BCUT2D eigenvalue weighted by molar-refractivity contribution is -0.146. The number of aliphatic carboxylic acids is 1. The Labute approximate surface area is 197 Å². The Kier molecular flexibility index (Phi) is 20.3. The fourth-order valence-corrected chi connectivity index (χ4v) is 3.21. The lowest BCUT2D eigenvalue weighted by Gasteiger charge is -2.04. The molecule has 2 aromatic carbocycles. The van der Waals surface area contributed by atoms with Crippen molar-refractivity contribution in [1.29, 1.82) is 0 Å². The first-order chi connectivity index (χ1) is 15.0. The summed E-state index contributed by atoms with van der Waals surface area (Å²) in [5, 5.41) is 8.55. The van der Waals surface area contributed by atoms with Crippen molar-refractivity contribution < 1.29 is 28.9 Å². The summed E-state index contributed by atoms with van der Waals surface area (Å²) in [5.74, 6) is -0.905. The number of carbonyl (C=O) groups excluding carboxylic acids is 1. The van der Waals surface area contributed by atoms with Crippen LogP contribution in [0.3, 0.4) is 0 Å². The van der Waals surface area contributed by atoms with Crippen molar-refractivity contribution >= 4 is 47.1 Å². The van der Waals surface area contributed by atoms with Gasteiger partial charge in [-0.3, -0.25) is 0 Å². The van der Waals surface area contributed by atoms with Crippen LogP contribution in [0, 0.1) is 0 Å². The third kappa shape index (κ3) is 20.0. The summed E-state index contributed by atoms with van der Waals surface area (Å²) in [5.41, 5.74) is 0. The van der Waals surface area contributed by atoms with Crippen LogP contribution in [0.4, 0.5) is 0 Å². The van der Waals surface area contributed by atoms with Gasteiger partial charge in [-0.2, -0.15) is 0 Å². The molecule has 0 radical (unpaired) electrons. The number of carboxylic acid groups (broad SMARTS) is 1. The lowest BCUT2D eigenvalue weighted by atomic mass is 10.4. The monoisotopic (exact) mass is 488 g/mol. The van der Waals surface area contributed by atoms with Crippen LogP contribution < -0.4 is 0 Å². The third-order valence-electron chi connectivity index (χ3n) is 3.01. The normalized spacial score (nSPS) is 9.52. The minimum Gasteiger partial charge on any atom is -0.480 e. The molecule has 0 aliphatic rings. The van der Waals surface area contributed by atoms with Gasteiger partial charge in [0.2, 0.25) is 0 Å². The van der Waals surface area contributed by atoms with E-state index in [1.54, 1.807) is 18.7 Å². The molecule has 0 aliphatic carbocycles. The molecule has 2 aromatic rings. The summed E-state index contributed by atoms with van der Waals surface area (Å²) in [6, 6.07) is 19.9. The number of benzene rings is 2. The van der Waals surface area contributed by atoms with E-state index in [4.69, 9.17) is 26.2 Å². The second-order valence-electron chi connectivity index (χ2n) is 5.33. The molecule has 6 nitrogen and oxygen atoms in total. The van der Waals surface area contributed by atoms with Crippen LogP contribution in [0.1, 0.15) is 13.8 Å². The van der Waals surface area contributed by atoms with Gasteiger partial charge in [0.1, 0.15) is 19.2 Å². The Morgan fingerprint density at radius 3 is 1.74 bits per heavy atom. The molecule has 0 bridgehead atoms. The molecule has 0 aliphatic heterocycles. The molecular weight excluding hydrogens is 460 g/mol. The fourth-order valence-electron chi connectivity index (χ4n) is 1.68. The Hall–Kier alpha value is -1.71. The highest BCUT2D eigenvalue weighted by atomic mass is 35.5. The van der Waals surface area contributed by atoms with Crippen LogP contribution in [-0.2, 0) is 23.8 Å². The molecule has 9 heteroatoms. The molecular formula is C22H29ClO6S2. The molecule has 0 amide bonds. The molecule has 0 unspecified atom stereocenters. The molecule has 2 rings (SSSR count). The quantitative estimate of drug-likeness (QED) is 0.195. The maximum absolute atomic E-state index is 11.0. The Bertz CT molecular complexity index is 689. The highest BCUT2D eigenvalue weighted by Gasteiger charge is 2.01. The topological polar surface area (TPSA) is 82.1 Å². The van der Waals surface area contributed by atoms with Gasteiger partial charge >= 0.3 is 11.9 Å². The van der Waals surface area contributed by atoms with Gasteiger partial charge in [-0.15, -0.1) is 23.4 Å². The first-order valence-corrected chi connectivity index (χ1v) is 12.0. The van der Waals surface area contributed by atoms with Crippen LogP contribution in [-0.4, -0.2) is 54.6 Å². The maximum atomic E-state index is 11.0. The van der Waals surface area contributed by atoms with Crippen molar-refractivity contribution in [2.24, 2.45) is 0 Å². The number of rotatable bonds is 11. The molecule has 0 saturated heterocycles. The minimum atomic E-state index is -0.915. The third-order valence-corrected chi connectivity index (χ3v) is 4.89. The largest absolute Gasteiger partial charge is 0.480 e. The van der Waals surface area contributed by atoms with E-state index in [1.165, 1.54) is 16.7 Å². The SMILES string of the molecule is CCOCC(=O)O.CCOCC(=O)OCSc1ccccc1.ClCSc1ccccc1. The van der Waals surface area contributed by atoms with Gasteiger partial charge in [0.05, 0.1) is 5.21 Å². The summed E-state index contributed by atoms with van der Waals surface area (Å²) in [6.45, 7) is 4.44. The molecule has 1 N–H and O–H groups in total. The van der Waals surface area contributed by atoms with E-state index < -0.39 is 5.97 Å². The van der Waals surface area contributed by atoms with Crippen LogP contribution in [0.5, 0.6) is 0 Å². The van der Waals surface area contributed by atoms with Gasteiger partial charge in [0.25, 0.3) is 0 Å². The van der Waals surface area contributed by atoms with Crippen molar-refractivity contribution in [3.8, 4) is 0 Å². The fraction of sp³-hybridized carbons (Fsp3) is 0.364. The van der Waals surface area contributed by atoms with Crippen molar-refractivity contribution in [3.63, 3.8) is 0 Å². The van der Waals surface area contributed by atoms with Crippen LogP contribution >= 0.6 is 35.1 Å². The van der Waals surface area contributed by atoms with E-state index in [0.717, 1.165) is 4.90 Å². The zero-order valence-electron chi connectivity index (χ0n) is 17.7. The molecule has 0 aromatic heterocycles. The van der Waals surface area contributed by atoms with Crippen molar-refractivity contribution in [2.75, 3.05) is 37.6 Å². The first kappa shape index (κ1) is 29.3. The molecule has 31 heavy (non-hydrogen) atoms.